The number of ether oxygens (including phenoxy) is 2. The third-order valence-corrected chi connectivity index (χ3v) is 3.77. The molecule has 2 aromatic carbocycles. The summed E-state index contributed by atoms with van der Waals surface area (Å²) in [7, 11) is 1.62. The van der Waals surface area contributed by atoms with Crippen molar-refractivity contribution in [2.75, 3.05) is 12.8 Å². The van der Waals surface area contributed by atoms with Gasteiger partial charge in [-0.25, -0.2) is 4.98 Å². The number of hydrogen-bond acceptors (Lipinski definition) is 5. The summed E-state index contributed by atoms with van der Waals surface area (Å²) in [4.78, 5) is 4.24. The van der Waals surface area contributed by atoms with E-state index in [9.17, 15) is 0 Å². The number of nitrogens with zero attached hydrogens (tertiary/aromatic N) is 1. The fourth-order valence-corrected chi connectivity index (χ4v) is 2.71. The van der Waals surface area contributed by atoms with Crippen LogP contribution in [-0.2, 0) is 6.61 Å². The average molecular weight is 286 g/mol. The number of aromatic nitrogens is 1. The Morgan fingerprint density at radius 3 is 2.70 bits per heavy atom. The molecule has 1 heterocycles. The van der Waals surface area contributed by atoms with Crippen molar-refractivity contribution in [2.45, 2.75) is 6.61 Å². The second-order valence-electron chi connectivity index (χ2n) is 4.30. The highest BCUT2D eigenvalue weighted by Gasteiger charge is 2.10. The molecule has 3 aromatic rings. The molecule has 5 heteroatoms. The topological polar surface area (TPSA) is 57.4 Å². The quantitative estimate of drug-likeness (QED) is 0.798. The van der Waals surface area contributed by atoms with Gasteiger partial charge in [0.25, 0.3) is 0 Å². The molecule has 102 valence electrons. The van der Waals surface area contributed by atoms with Gasteiger partial charge in [-0.2, -0.15) is 0 Å². The van der Waals surface area contributed by atoms with Crippen molar-refractivity contribution in [1.29, 1.82) is 0 Å². The van der Waals surface area contributed by atoms with E-state index in [1.54, 1.807) is 7.11 Å². The zero-order valence-corrected chi connectivity index (χ0v) is 11.8. The fourth-order valence-electron chi connectivity index (χ4n) is 1.96. The van der Waals surface area contributed by atoms with Gasteiger partial charge in [-0.05, 0) is 5.56 Å². The molecule has 0 amide bonds. The molecule has 1 aromatic heterocycles. The molecule has 4 nitrogen and oxygen atoms in total. The van der Waals surface area contributed by atoms with Gasteiger partial charge < -0.3 is 15.2 Å². The summed E-state index contributed by atoms with van der Waals surface area (Å²) in [6, 6.07) is 13.8. The first-order valence-corrected chi connectivity index (χ1v) is 6.98. The molecule has 0 saturated carbocycles. The summed E-state index contributed by atoms with van der Waals surface area (Å²) in [5.41, 5.74) is 7.66. The third-order valence-electron chi connectivity index (χ3n) is 2.93. The van der Waals surface area contributed by atoms with Crippen LogP contribution in [0.3, 0.4) is 0 Å². The molecule has 0 atom stereocenters. The number of nitrogen functional groups attached to an aromatic ring is 1. The van der Waals surface area contributed by atoms with Gasteiger partial charge >= 0.3 is 0 Å². The molecule has 0 aliphatic rings. The maximum absolute atomic E-state index is 5.84. The number of fused-ring (bicyclic) bond motifs is 1. The average Bonchev–Trinajstić information content (AvgIpc) is 2.84. The van der Waals surface area contributed by atoms with Crippen molar-refractivity contribution in [2.24, 2.45) is 0 Å². The highest BCUT2D eigenvalue weighted by atomic mass is 32.1. The van der Waals surface area contributed by atoms with E-state index in [-0.39, 0.29) is 0 Å². The fraction of sp³-hybridized carbons (Fsp3) is 0.133. The van der Waals surface area contributed by atoms with Crippen LogP contribution in [0.25, 0.3) is 10.2 Å². The summed E-state index contributed by atoms with van der Waals surface area (Å²) in [6.45, 7) is 0.497. The zero-order valence-electron chi connectivity index (χ0n) is 11.0. The molecule has 0 bridgehead atoms. The van der Waals surface area contributed by atoms with Crippen molar-refractivity contribution in [3.8, 4) is 11.5 Å². The Morgan fingerprint density at radius 2 is 1.95 bits per heavy atom. The maximum atomic E-state index is 5.84. The van der Waals surface area contributed by atoms with Gasteiger partial charge in [0.05, 0.1) is 17.3 Å². The Labute approximate surface area is 120 Å². The molecule has 0 fully saturated rings. The Bertz CT molecular complexity index is 725. The summed E-state index contributed by atoms with van der Waals surface area (Å²) in [6.07, 6.45) is 0. The monoisotopic (exact) mass is 286 g/mol. The van der Waals surface area contributed by atoms with Crippen molar-refractivity contribution < 1.29 is 9.47 Å². The molecule has 0 spiro atoms. The molecule has 0 aliphatic carbocycles. The Hall–Kier alpha value is -2.27. The van der Waals surface area contributed by atoms with E-state index < -0.39 is 0 Å². The van der Waals surface area contributed by atoms with Crippen LogP contribution in [-0.4, -0.2) is 12.1 Å². The molecule has 0 radical (unpaired) electrons. The highest BCUT2D eigenvalue weighted by Crippen LogP contribution is 2.35. The second kappa shape index (κ2) is 5.38. The van der Waals surface area contributed by atoms with Gasteiger partial charge in [0.1, 0.15) is 6.61 Å². The lowest BCUT2D eigenvalue weighted by Crippen LogP contribution is -1.97. The van der Waals surface area contributed by atoms with Crippen LogP contribution < -0.4 is 15.2 Å². The number of nitrogens with two attached hydrogens (primary N) is 1. The van der Waals surface area contributed by atoms with Gasteiger partial charge in [0.2, 0.25) is 0 Å². The smallest absolute Gasteiger partial charge is 0.181 e. The minimum Gasteiger partial charge on any atom is -0.493 e. The summed E-state index contributed by atoms with van der Waals surface area (Å²) in [5.74, 6) is 1.37. The highest BCUT2D eigenvalue weighted by molar-refractivity contribution is 7.22. The minimum atomic E-state index is 0.497. The first kappa shape index (κ1) is 12.7. The minimum absolute atomic E-state index is 0.497. The predicted molar refractivity (Wildman–Crippen MR) is 81.4 cm³/mol. The van der Waals surface area contributed by atoms with E-state index in [1.165, 1.54) is 11.3 Å². The maximum Gasteiger partial charge on any atom is 0.181 e. The molecular weight excluding hydrogens is 272 g/mol. The molecule has 20 heavy (non-hydrogen) atoms. The van der Waals surface area contributed by atoms with Crippen LogP contribution in [0.1, 0.15) is 5.56 Å². The molecular formula is C15H14N2O2S. The van der Waals surface area contributed by atoms with Crippen LogP contribution in [0.5, 0.6) is 11.5 Å². The van der Waals surface area contributed by atoms with Crippen LogP contribution >= 0.6 is 11.3 Å². The molecule has 0 unspecified atom stereocenters. The van der Waals surface area contributed by atoms with Gasteiger partial charge in [0.15, 0.2) is 16.6 Å². The molecule has 0 aliphatic heterocycles. The van der Waals surface area contributed by atoms with Crippen molar-refractivity contribution in [3.05, 3.63) is 48.0 Å². The molecule has 3 rings (SSSR count). The van der Waals surface area contributed by atoms with Crippen molar-refractivity contribution in [1.82, 2.24) is 4.98 Å². The van der Waals surface area contributed by atoms with Crippen LogP contribution in [0.15, 0.2) is 42.5 Å². The second-order valence-corrected chi connectivity index (χ2v) is 5.36. The standard InChI is InChI=1S/C15H14N2O2S/c1-18-12-7-11-14(20-15(16)17-11)8-13(12)19-9-10-5-3-2-4-6-10/h2-8H,9H2,1H3,(H2,16,17). The number of rotatable bonds is 4. The lowest BCUT2D eigenvalue weighted by Gasteiger charge is -2.10. The summed E-state index contributed by atoms with van der Waals surface area (Å²) >= 11 is 1.44. The Morgan fingerprint density at radius 1 is 1.15 bits per heavy atom. The lowest BCUT2D eigenvalue weighted by molar-refractivity contribution is 0.285. The zero-order chi connectivity index (χ0) is 13.9. The van der Waals surface area contributed by atoms with Gasteiger partial charge in [-0.3, -0.25) is 0 Å². The summed E-state index contributed by atoms with van der Waals surface area (Å²) < 4.78 is 12.2. The van der Waals surface area contributed by atoms with Gasteiger partial charge in [0, 0.05) is 12.1 Å². The van der Waals surface area contributed by atoms with E-state index in [2.05, 4.69) is 4.98 Å². The normalized spacial score (nSPS) is 10.7. The summed E-state index contributed by atoms with van der Waals surface area (Å²) in [5, 5.41) is 0.544. The van der Waals surface area contributed by atoms with E-state index >= 15 is 0 Å². The SMILES string of the molecule is COc1cc2nc(N)sc2cc1OCc1ccccc1. The number of anilines is 1. The van der Waals surface area contributed by atoms with E-state index in [4.69, 9.17) is 15.2 Å². The van der Waals surface area contributed by atoms with Gasteiger partial charge in [-0.1, -0.05) is 41.7 Å². The molecule has 2 N–H and O–H groups in total. The number of hydrogen-bond donors (Lipinski definition) is 1. The van der Waals surface area contributed by atoms with Crippen molar-refractivity contribution in [3.63, 3.8) is 0 Å². The predicted octanol–water partition coefficient (Wildman–Crippen LogP) is 3.47. The van der Waals surface area contributed by atoms with Crippen LogP contribution in [0.2, 0.25) is 0 Å². The largest absolute Gasteiger partial charge is 0.493 e. The Kier molecular flexibility index (Phi) is 3.43. The number of methoxy groups -OCH3 is 1. The lowest BCUT2D eigenvalue weighted by atomic mass is 10.2. The van der Waals surface area contributed by atoms with E-state index in [0.29, 0.717) is 23.2 Å². The van der Waals surface area contributed by atoms with Gasteiger partial charge in [-0.15, -0.1) is 0 Å². The Balaban J connectivity index is 1.89. The number of benzene rings is 2. The van der Waals surface area contributed by atoms with Crippen LogP contribution in [0.4, 0.5) is 5.13 Å². The molecule has 0 saturated heterocycles. The van der Waals surface area contributed by atoms with E-state index in [0.717, 1.165) is 15.8 Å². The van der Waals surface area contributed by atoms with Crippen molar-refractivity contribution >= 4 is 26.7 Å². The first-order valence-electron chi connectivity index (χ1n) is 6.17. The first-order chi connectivity index (χ1) is 9.76. The third kappa shape index (κ3) is 2.53. The number of thiazole rings is 1. The van der Waals surface area contributed by atoms with Crippen LogP contribution in [0, 0.1) is 0 Å². The van der Waals surface area contributed by atoms with E-state index in [1.807, 2.05) is 42.5 Å².